The number of benzene rings is 4. The summed E-state index contributed by atoms with van der Waals surface area (Å²) in [4.78, 5) is 29.2. The molecule has 2 fully saturated rings. The van der Waals surface area contributed by atoms with E-state index in [1.54, 1.807) is 0 Å². The second-order valence-corrected chi connectivity index (χ2v) is 15.5. The fourth-order valence-corrected chi connectivity index (χ4v) is 9.68. The SMILES string of the molecule is O=C1c2c(O)cccc2[C@](c2ccc3c(c2O)C(=O)c2c(O)cc(CO)cc2[C@@H]3C2O[C@H](CO)[C@@H](O)[C@H](O)[C@H]2O)([C@@H]2O[C@H](CO)[C@@H](O)[C@H](O)[C@H]2O)c2cc(CO)cc(O)c21. The molecular weight excluding hydrogens is 792 g/mol. The van der Waals surface area contributed by atoms with Gasteiger partial charge in [0.25, 0.3) is 0 Å². The highest BCUT2D eigenvalue weighted by atomic mass is 16.6. The van der Waals surface area contributed by atoms with Gasteiger partial charge < -0.3 is 81.0 Å². The van der Waals surface area contributed by atoms with Crippen LogP contribution in [0.2, 0.25) is 0 Å². The quantitative estimate of drug-likeness (QED) is 0.0934. The highest BCUT2D eigenvalue weighted by Crippen LogP contribution is 2.59. The van der Waals surface area contributed by atoms with Crippen LogP contribution in [0, 0.1) is 0 Å². The third-order valence-electron chi connectivity index (χ3n) is 12.4. The van der Waals surface area contributed by atoms with E-state index in [1.807, 2.05) is 0 Å². The first-order valence-corrected chi connectivity index (χ1v) is 18.9. The minimum Gasteiger partial charge on any atom is -0.507 e. The summed E-state index contributed by atoms with van der Waals surface area (Å²) in [6.45, 7) is -3.16. The lowest BCUT2D eigenvalue weighted by molar-refractivity contribution is -0.239. The second-order valence-electron chi connectivity index (χ2n) is 15.5. The molecule has 18 nitrogen and oxygen atoms in total. The lowest BCUT2D eigenvalue weighted by Crippen LogP contribution is -2.65. The van der Waals surface area contributed by atoms with Crippen molar-refractivity contribution in [2.24, 2.45) is 0 Å². The van der Waals surface area contributed by atoms with Crippen molar-refractivity contribution in [1.29, 1.82) is 0 Å². The van der Waals surface area contributed by atoms with Crippen LogP contribution in [-0.4, -0.2) is 157 Å². The molecular formula is C42H42O18. The van der Waals surface area contributed by atoms with E-state index in [9.17, 15) is 81.1 Å². The molecule has 0 aromatic heterocycles. The van der Waals surface area contributed by atoms with Crippen LogP contribution in [0.4, 0.5) is 0 Å². The Morgan fingerprint density at radius 3 is 1.72 bits per heavy atom. The first-order valence-electron chi connectivity index (χ1n) is 18.9. The number of hydrogen-bond acceptors (Lipinski definition) is 18. The lowest BCUT2D eigenvalue weighted by Gasteiger charge is -2.52. The summed E-state index contributed by atoms with van der Waals surface area (Å²) < 4.78 is 12.2. The van der Waals surface area contributed by atoms with Crippen LogP contribution in [0.15, 0.2) is 54.6 Å². The minimum absolute atomic E-state index is 0.0219. The number of carbonyl (C=O) groups is 2. The average molecular weight is 835 g/mol. The van der Waals surface area contributed by atoms with Gasteiger partial charge in [0.1, 0.15) is 77.9 Å². The highest BCUT2D eigenvalue weighted by Gasteiger charge is 2.61. The van der Waals surface area contributed by atoms with Crippen LogP contribution < -0.4 is 0 Å². The maximum Gasteiger partial charge on any atom is 0.201 e. The van der Waals surface area contributed by atoms with Crippen LogP contribution >= 0.6 is 0 Å². The van der Waals surface area contributed by atoms with E-state index in [0.29, 0.717) is 0 Å². The van der Waals surface area contributed by atoms with E-state index in [2.05, 4.69) is 0 Å². The molecule has 12 atom stereocenters. The lowest BCUT2D eigenvalue weighted by atomic mass is 9.56. The molecule has 1 unspecified atom stereocenters. The molecule has 4 aromatic rings. The first kappa shape index (κ1) is 41.7. The molecule has 318 valence electrons. The molecule has 0 spiro atoms. The number of fused-ring (bicyclic) bond motifs is 4. The second kappa shape index (κ2) is 15.1. The number of phenols is 4. The number of ether oxygens (including phenoxy) is 2. The van der Waals surface area contributed by atoms with Gasteiger partial charge in [-0.15, -0.1) is 0 Å². The Kier molecular flexibility index (Phi) is 10.5. The Bertz CT molecular complexity index is 2390. The maximum absolute atomic E-state index is 14.9. The van der Waals surface area contributed by atoms with Gasteiger partial charge in [-0.3, -0.25) is 9.59 Å². The molecule has 2 aliphatic carbocycles. The van der Waals surface area contributed by atoms with Gasteiger partial charge in [-0.1, -0.05) is 36.4 Å². The Labute approximate surface area is 339 Å². The van der Waals surface area contributed by atoms with E-state index in [0.717, 1.165) is 18.2 Å². The zero-order valence-electron chi connectivity index (χ0n) is 31.3. The predicted molar refractivity (Wildman–Crippen MR) is 200 cm³/mol. The molecule has 0 saturated carbocycles. The number of carbonyl (C=O) groups excluding carboxylic acids is 2. The van der Waals surface area contributed by atoms with Crippen molar-refractivity contribution in [3.05, 3.63) is 116 Å². The van der Waals surface area contributed by atoms with Gasteiger partial charge in [0, 0.05) is 11.5 Å². The third kappa shape index (κ3) is 5.73. The van der Waals surface area contributed by atoms with Gasteiger partial charge in [-0.2, -0.15) is 0 Å². The normalized spacial score (nSPS) is 32.2. The Morgan fingerprint density at radius 1 is 0.517 bits per heavy atom. The molecule has 14 N–H and O–H groups in total. The standard InChI is InChI=1S/C42H42O18/c43-10-14-6-17-26(40-38(57)36(55)32(51)24(12-45)59-40)16-4-5-19(31(50)28(16)34(53)27(17)22(48)8-14)42(41-39(58)37(56)33(52)25(13-46)60-41)18-2-1-3-21(47)29(18)35(54)30-20(42)7-15(11-44)9-23(30)49/h1-9,24-26,32-33,36-41,43-52,55-58H,10-13H2/t24-,25-,26-,32-,33-,36+,37+,38-,39-,40?,41-,42-/m1/s1. The van der Waals surface area contributed by atoms with Crippen LogP contribution in [0.25, 0.3) is 0 Å². The minimum atomic E-state index is -2.44. The molecule has 0 radical (unpaired) electrons. The summed E-state index contributed by atoms with van der Waals surface area (Å²) in [6.07, 6.45) is -18.5. The summed E-state index contributed by atoms with van der Waals surface area (Å²) in [7, 11) is 0. The molecule has 60 heavy (non-hydrogen) atoms. The molecule has 4 aromatic carbocycles. The molecule has 2 heterocycles. The Balaban J connectivity index is 1.50. The number of aliphatic hydroxyl groups is 10. The zero-order valence-corrected chi connectivity index (χ0v) is 31.3. The fourth-order valence-electron chi connectivity index (χ4n) is 9.68. The molecule has 2 saturated heterocycles. The topological polar surface area (TPSA) is 336 Å². The van der Waals surface area contributed by atoms with Gasteiger partial charge in [0.05, 0.1) is 60.2 Å². The van der Waals surface area contributed by atoms with Crippen LogP contribution in [0.3, 0.4) is 0 Å². The van der Waals surface area contributed by atoms with Crippen molar-refractivity contribution in [3.63, 3.8) is 0 Å². The number of rotatable bonds is 7. The number of aliphatic hydroxyl groups excluding tert-OH is 10. The van der Waals surface area contributed by atoms with E-state index in [1.165, 1.54) is 36.4 Å². The zero-order chi connectivity index (χ0) is 43.3. The van der Waals surface area contributed by atoms with E-state index < -0.39 is 161 Å². The van der Waals surface area contributed by atoms with Crippen molar-refractivity contribution in [2.75, 3.05) is 13.2 Å². The maximum atomic E-state index is 14.9. The van der Waals surface area contributed by atoms with E-state index in [4.69, 9.17) is 9.47 Å². The summed E-state index contributed by atoms with van der Waals surface area (Å²) >= 11 is 0. The summed E-state index contributed by atoms with van der Waals surface area (Å²) in [5, 5.41) is 155. The van der Waals surface area contributed by atoms with E-state index >= 15 is 0 Å². The van der Waals surface area contributed by atoms with Crippen molar-refractivity contribution >= 4 is 11.6 Å². The van der Waals surface area contributed by atoms with E-state index in [-0.39, 0.29) is 33.4 Å². The third-order valence-corrected chi connectivity index (χ3v) is 12.4. The van der Waals surface area contributed by atoms with Crippen molar-refractivity contribution in [2.45, 2.75) is 85.6 Å². The summed E-state index contributed by atoms with van der Waals surface area (Å²) in [5.41, 5.74) is -5.58. The van der Waals surface area contributed by atoms with Crippen molar-refractivity contribution in [3.8, 4) is 23.0 Å². The molecule has 4 aliphatic rings. The van der Waals surface area contributed by atoms with Crippen LogP contribution in [0.1, 0.15) is 76.7 Å². The predicted octanol–water partition coefficient (Wildman–Crippen LogP) is -2.27. The van der Waals surface area contributed by atoms with Gasteiger partial charge in [0.15, 0.2) is 0 Å². The van der Waals surface area contributed by atoms with Crippen LogP contribution in [-0.2, 0) is 28.1 Å². The molecule has 18 heteroatoms. The van der Waals surface area contributed by atoms with Gasteiger partial charge in [0.2, 0.25) is 11.6 Å². The summed E-state index contributed by atoms with van der Waals surface area (Å²) in [5.74, 6) is -6.49. The first-order chi connectivity index (χ1) is 28.6. The fraction of sp³-hybridized carbons (Fsp3) is 0.381. The van der Waals surface area contributed by atoms with Crippen molar-refractivity contribution < 1.29 is 90.6 Å². The smallest absolute Gasteiger partial charge is 0.201 e. The van der Waals surface area contributed by atoms with Gasteiger partial charge in [-0.05, 0) is 51.6 Å². The molecule has 0 amide bonds. The van der Waals surface area contributed by atoms with Crippen molar-refractivity contribution in [1.82, 2.24) is 0 Å². The average Bonchev–Trinajstić information content (AvgIpc) is 3.23. The van der Waals surface area contributed by atoms with Crippen LogP contribution in [0.5, 0.6) is 23.0 Å². The number of hydrogen-bond donors (Lipinski definition) is 14. The Hall–Kier alpha value is -5.06. The number of phenolic OH excluding ortho intramolecular Hbond substituents is 4. The molecule has 0 bridgehead atoms. The van der Waals surface area contributed by atoms with Gasteiger partial charge >= 0.3 is 0 Å². The number of aromatic hydroxyl groups is 4. The Morgan fingerprint density at radius 2 is 1.08 bits per heavy atom. The summed E-state index contributed by atoms with van der Waals surface area (Å²) in [6, 6.07) is 10.9. The molecule has 8 rings (SSSR count). The monoisotopic (exact) mass is 834 g/mol. The highest BCUT2D eigenvalue weighted by molar-refractivity contribution is 6.18. The number of ketones is 2. The molecule has 2 aliphatic heterocycles. The van der Waals surface area contributed by atoms with Gasteiger partial charge in [-0.25, -0.2) is 0 Å². The largest absolute Gasteiger partial charge is 0.507 e.